The molecule has 0 bridgehead atoms. The van der Waals surface area contributed by atoms with Gasteiger partial charge in [-0.3, -0.25) is 14.5 Å². The highest BCUT2D eigenvalue weighted by molar-refractivity contribution is 6.07. The van der Waals surface area contributed by atoms with Crippen molar-refractivity contribution in [2.45, 2.75) is 57.4 Å². The third-order valence-electron chi connectivity index (χ3n) is 7.32. The Hall–Kier alpha value is -2.48. The number of benzene rings is 1. The van der Waals surface area contributed by atoms with Crippen LogP contribution in [0.4, 0.5) is 9.18 Å². The minimum atomic E-state index is -0.708. The fraction of sp³-hybridized carbons (Fsp3) is 0.625. The van der Waals surface area contributed by atoms with Crippen molar-refractivity contribution < 1.29 is 18.8 Å². The average Bonchev–Trinajstić information content (AvgIpc) is 3.01. The smallest absolute Gasteiger partial charge is 0.326 e. The quantitative estimate of drug-likeness (QED) is 0.661. The number of carbonyl (C=O) groups is 3. The first-order chi connectivity index (χ1) is 15.4. The summed E-state index contributed by atoms with van der Waals surface area (Å²) in [6.07, 6.45) is 5.16. The number of piperidine rings is 1. The Morgan fingerprint density at radius 2 is 1.84 bits per heavy atom. The number of amides is 4. The Morgan fingerprint density at radius 1 is 1.16 bits per heavy atom. The highest BCUT2D eigenvalue weighted by Crippen LogP contribution is 2.36. The van der Waals surface area contributed by atoms with Crippen LogP contribution in [0.1, 0.15) is 51.0 Å². The van der Waals surface area contributed by atoms with E-state index in [-0.39, 0.29) is 36.2 Å². The third kappa shape index (κ3) is 4.80. The minimum absolute atomic E-state index is 0.00809. The standard InChI is InChI=1S/C24H33FN4O3/c1-17-6-11-24(12-7-17)22(31)29(23(32)27-24)16-28-14-9-19(10-15-28)21(30)26-13-8-18-4-2-3-5-20(18)25/h2-5,17,19H,6-16H2,1H3,(H,26,30)(H,27,32). The van der Waals surface area contributed by atoms with Gasteiger partial charge in [-0.25, -0.2) is 14.1 Å². The molecule has 3 fully saturated rings. The number of urea groups is 1. The van der Waals surface area contributed by atoms with Crippen molar-refractivity contribution in [2.24, 2.45) is 11.8 Å². The van der Waals surface area contributed by atoms with E-state index in [2.05, 4.69) is 22.5 Å². The van der Waals surface area contributed by atoms with Gasteiger partial charge in [-0.1, -0.05) is 25.1 Å². The first-order valence-electron chi connectivity index (χ1n) is 11.8. The number of rotatable bonds is 6. The molecule has 8 heteroatoms. The van der Waals surface area contributed by atoms with Gasteiger partial charge in [0.1, 0.15) is 11.4 Å². The van der Waals surface area contributed by atoms with Crippen molar-refractivity contribution in [3.63, 3.8) is 0 Å². The van der Waals surface area contributed by atoms with E-state index >= 15 is 0 Å². The lowest BCUT2D eigenvalue weighted by atomic mass is 9.77. The maximum atomic E-state index is 13.7. The Bertz CT molecular complexity index is 861. The molecule has 4 amide bonds. The van der Waals surface area contributed by atoms with Crippen LogP contribution >= 0.6 is 0 Å². The average molecular weight is 445 g/mol. The number of nitrogens with zero attached hydrogens (tertiary/aromatic N) is 2. The molecule has 7 nitrogen and oxygen atoms in total. The molecule has 2 heterocycles. The van der Waals surface area contributed by atoms with E-state index in [0.29, 0.717) is 63.2 Å². The number of halogens is 1. The summed E-state index contributed by atoms with van der Waals surface area (Å²) < 4.78 is 13.7. The Kier molecular flexibility index (Phi) is 6.79. The van der Waals surface area contributed by atoms with Crippen molar-refractivity contribution in [2.75, 3.05) is 26.3 Å². The molecule has 0 unspecified atom stereocenters. The van der Waals surface area contributed by atoms with E-state index in [1.807, 2.05) is 0 Å². The fourth-order valence-electron chi connectivity index (χ4n) is 5.10. The molecular formula is C24H33FN4O3. The second kappa shape index (κ2) is 9.57. The second-order valence-electron chi connectivity index (χ2n) is 9.59. The van der Waals surface area contributed by atoms with E-state index in [4.69, 9.17) is 0 Å². The van der Waals surface area contributed by atoms with Crippen LogP contribution in [0.25, 0.3) is 0 Å². The first kappa shape index (κ1) is 22.7. The van der Waals surface area contributed by atoms with Crippen LogP contribution < -0.4 is 10.6 Å². The van der Waals surface area contributed by atoms with Gasteiger partial charge in [-0.15, -0.1) is 0 Å². The van der Waals surface area contributed by atoms with Crippen molar-refractivity contribution in [3.05, 3.63) is 35.6 Å². The van der Waals surface area contributed by atoms with Crippen LogP contribution in [0.2, 0.25) is 0 Å². The molecule has 0 radical (unpaired) electrons. The predicted molar refractivity (Wildman–Crippen MR) is 118 cm³/mol. The van der Waals surface area contributed by atoms with E-state index in [9.17, 15) is 18.8 Å². The van der Waals surface area contributed by atoms with Crippen molar-refractivity contribution in [3.8, 4) is 0 Å². The number of likely N-dealkylation sites (tertiary alicyclic amines) is 1. The van der Waals surface area contributed by atoms with Gasteiger partial charge in [0, 0.05) is 25.6 Å². The van der Waals surface area contributed by atoms with Gasteiger partial charge in [0.15, 0.2) is 0 Å². The van der Waals surface area contributed by atoms with Gasteiger partial charge in [-0.05, 0) is 62.5 Å². The first-order valence-corrected chi connectivity index (χ1v) is 11.8. The molecule has 1 saturated carbocycles. The monoisotopic (exact) mass is 444 g/mol. The molecule has 174 valence electrons. The lowest BCUT2D eigenvalue weighted by molar-refractivity contribution is -0.135. The summed E-state index contributed by atoms with van der Waals surface area (Å²) in [4.78, 5) is 41.5. The maximum Gasteiger partial charge on any atom is 0.326 e. The van der Waals surface area contributed by atoms with E-state index in [0.717, 1.165) is 12.8 Å². The van der Waals surface area contributed by atoms with Crippen LogP contribution in [0, 0.1) is 17.7 Å². The maximum absolute atomic E-state index is 13.7. The zero-order chi connectivity index (χ0) is 22.7. The molecule has 1 aliphatic carbocycles. The molecule has 3 aliphatic rings. The van der Waals surface area contributed by atoms with Crippen LogP contribution in [-0.2, 0) is 16.0 Å². The van der Waals surface area contributed by atoms with Crippen molar-refractivity contribution in [1.29, 1.82) is 0 Å². The molecule has 32 heavy (non-hydrogen) atoms. The number of hydrogen-bond acceptors (Lipinski definition) is 4. The molecule has 1 aromatic rings. The molecule has 2 aliphatic heterocycles. The molecule has 1 aromatic carbocycles. The van der Waals surface area contributed by atoms with Gasteiger partial charge in [0.2, 0.25) is 5.91 Å². The fourth-order valence-corrected chi connectivity index (χ4v) is 5.10. The van der Waals surface area contributed by atoms with Crippen molar-refractivity contribution in [1.82, 2.24) is 20.4 Å². The summed E-state index contributed by atoms with van der Waals surface area (Å²) in [7, 11) is 0. The lowest BCUT2D eigenvalue weighted by Crippen LogP contribution is -2.50. The van der Waals surface area contributed by atoms with Gasteiger partial charge in [0.25, 0.3) is 5.91 Å². The minimum Gasteiger partial charge on any atom is -0.356 e. The summed E-state index contributed by atoms with van der Waals surface area (Å²) >= 11 is 0. The lowest BCUT2D eigenvalue weighted by Gasteiger charge is -2.35. The molecule has 1 spiro atoms. The molecule has 4 rings (SSSR count). The summed E-state index contributed by atoms with van der Waals surface area (Å²) in [6, 6.07) is 6.30. The normalized spacial score (nSPS) is 27.1. The predicted octanol–water partition coefficient (Wildman–Crippen LogP) is 2.65. The second-order valence-corrected chi connectivity index (χ2v) is 9.59. The summed E-state index contributed by atoms with van der Waals surface area (Å²) in [5, 5.41) is 5.89. The molecule has 0 aromatic heterocycles. The number of nitrogens with one attached hydrogen (secondary N) is 2. The highest BCUT2D eigenvalue weighted by atomic mass is 19.1. The molecule has 2 N–H and O–H groups in total. The molecular weight excluding hydrogens is 411 g/mol. The van der Waals surface area contributed by atoms with E-state index < -0.39 is 5.54 Å². The molecule has 2 saturated heterocycles. The summed E-state index contributed by atoms with van der Waals surface area (Å²) in [5.41, 5.74) is -0.110. The Labute approximate surface area is 188 Å². The van der Waals surface area contributed by atoms with Gasteiger partial charge >= 0.3 is 6.03 Å². The zero-order valence-corrected chi connectivity index (χ0v) is 18.7. The van der Waals surface area contributed by atoms with Crippen LogP contribution in [0.5, 0.6) is 0 Å². The van der Waals surface area contributed by atoms with Crippen LogP contribution in [0.3, 0.4) is 0 Å². The number of carbonyl (C=O) groups excluding carboxylic acids is 3. The topological polar surface area (TPSA) is 81.8 Å². The zero-order valence-electron chi connectivity index (χ0n) is 18.7. The van der Waals surface area contributed by atoms with Crippen LogP contribution in [0.15, 0.2) is 24.3 Å². The van der Waals surface area contributed by atoms with E-state index in [1.165, 1.54) is 11.0 Å². The van der Waals surface area contributed by atoms with Gasteiger partial charge in [-0.2, -0.15) is 0 Å². The molecule has 0 atom stereocenters. The number of imide groups is 1. The van der Waals surface area contributed by atoms with Gasteiger partial charge < -0.3 is 10.6 Å². The largest absolute Gasteiger partial charge is 0.356 e. The van der Waals surface area contributed by atoms with Gasteiger partial charge in [0.05, 0.1) is 6.67 Å². The SMILES string of the molecule is CC1CCC2(CC1)NC(=O)N(CN1CCC(C(=O)NCCc3ccccc3F)CC1)C2=O. The van der Waals surface area contributed by atoms with Crippen LogP contribution in [-0.4, -0.2) is 59.5 Å². The Morgan fingerprint density at radius 3 is 2.53 bits per heavy atom. The highest BCUT2D eigenvalue weighted by Gasteiger charge is 2.52. The Balaban J connectivity index is 1.22. The van der Waals surface area contributed by atoms with Crippen molar-refractivity contribution >= 4 is 17.8 Å². The number of hydrogen-bond donors (Lipinski definition) is 2. The van der Waals surface area contributed by atoms with E-state index in [1.54, 1.807) is 18.2 Å². The third-order valence-corrected chi connectivity index (χ3v) is 7.32. The summed E-state index contributed by atoms with van der Waals surface area (Å²) in [6.45, 7) is 4.19. The summed E-state index contributed by atoms with van der Waals surface area (Å²) in [5.74, 6) is 0.145.